The monoisotopic (exact) mass is 495 g/mol. The Kier molecular flexibility index (Phi) is 39.5. The van der Waals surface area contributed by atoms with Gasteiger partial charge in [0.1, 0.15) is 17.3 Å². The summed E-state index contributed by atoms with van der Waals surface area (Å²) in [6, 6.07) is 0. The first-order valence-electron chi connectivity index (χ1n) is 10.2. The van der Waals surface area contributed by atoms with Crippen LogP contribution in [0, 0.1) is 0 Å². The molecule has 0 aliphatic carbocycles. The van der Waals surface area contributed by atoms with Crippen molar-refractivity contribution in [1.82, 2.24) is 0 Å². The molecule has 183 valence electrons. The van der Waals surface area contributed by atoms with Crippen molar-refractivity contribution in [3.05, 3.63) is 0 Å². The van der Waals surface area contributed by atoms with Crippen LogP contribution in [0.1, 0.15) is 91.9 Å². The van der Waals surface area contributed by atoms with Crippen molar-refractivity contribution < 1.29 is 70.9 Å². The predicted octanol–water partition coefficient (Wildman–Crippen LogP) is -1.13. The molecular weight excluding hydrogens is 460 g/mol. The van der Waals surface area contributed by atoms with Gasteiger partial charge in [-0.05, 0) is 25.7 Å². The zero-order valence-electron chi connectivity index (χ0n) is 19.4. The summed E-state index contributed by atoms with van der Waals surface area (Å²) < 4.78 is 0. The molecule has 0 aromatic rings. The van der Waals surface area contributed by atoms with Crippen LogP contribution in [0.5, 0.6) is 0 Å². The molecular formula is C21H35O10Ti. The number of carboxylic acid groups (broad SMARTS) is 3. The van der Waals surface area contributed by atoms with E-state index in [0.717, 1.165) is 6.42 Å². The fourth-order valence-corrected chi connectivity index (χ4v) is 1.58. The molecule has 0 aliphatic rings. The molecule has 0 spiro atoms. The largest absolute Gasteiger partial charge is 3.00 e. The maximum absolute atomic E-state index is 10.4. The first-order valence-corrected chi connectivity index (χ1v) is 10.2. The van der Waals surface area contributed by atoms with Gasteiger partial charge < -0.3 is 34.8 Å². The van der Waals surface area contributed by atoms with Crippen molar-refractivity contribution in [2.75, 3.05) is 6.61 Å². The molecule has 0 saturated carbocycles. The van der Waals surface area contributed by atoms with Crippen molar-refractivity contribution in [3.8, 4) is 0 Å². The van der Waals surface area contributed by atoms with Crippen LogP contribution in [0.2, 0.25) is 0 Å². The summed E-state index contributed by atoms with van der Waals surface area (Å²) in [7, 11) is 0. The van der Waals surface area contributed by atoms with Crippen LogP contribution < -0.4 is 15.3 Å². The number of ketones is 3. The molecule has 0 aromatic heterocycles. The molecule has 0 heterocycles. The van der Waals surface area contributed by atoms with Gasteiger partial charge in [0.2, 0.25) is 0 Å². The number of carboxylic acids is 3. The number of hydrogen-bond acceptors (Lipinski definition) is 10. The van der Waals surface area contributed by atoms with Crippen molar-refractivity contribution in [2.24, 2.45) is 0 Å². The van der Waals surface area contributed by atoms with E-state index < -0.39 is 37.2 Å². The summed E-state index contributed by atoms with van der Waals surface area (Å²) >= 11 is 0. The molecule has 0 unspecified atom stereocenters. The molecule has 1 radical (unpaired) electrons. The Morgan fingerprint density at radius 3 is 0.812 bits per heavy atom. The summed E-state index contributed by atoms with van der Waals surface area (Å²) in [5.41, 5.74) is 0. The zero-order chi connectivity index (χ0) is 25.2. The second-order valence-corrected chi connectivity index (χ2v) is 6.24. The number of carbonyl (C=O) groups is 6. The number of aliphatic carboxylic acids is 3. The standard InChI is InChI=1S/3C6H10O3.C3H8O.Ti/c3*1-2-3-5(7)4-6(8)9;1-2-3-4;/h3*2-4H2,1H3,(H,8,9);4H,2-3H2,1H3;/q;;;;+3/p-3. The third-order valence-electron chi connectivity index (χ3n) is 2.83. The third kappa shape index (κ3) is 51.1. The van der Waals surface area contributed by atoms with E-state index in [4.69, 9.17) is 5.11 Å². The van der Waals surface area contributed by atoms with Crippen LogP contribution in [0.15, 0.2) is 0 Å². The fourth-order valence-electron chi connectivity index (χ4n) is 1.58. The number of aliphatic hydroxyl groups excluding tert-OH is 1. The Balaban J connectivity index is -0.000000104. The van der Waals surface area contributed by atoms with Crippen molar-refractivity contribution in [1.29, 1.82) is 0 Å². The number of aliphatic hydroxyl groups is 1. The Hall–Kier alpha value is -1.91. The summed E-state index contributed by atoms with van der Waals surface area (Å²) in [4.78, 5) is 60.6. The van der Waals surface area contributed by atoms with Crippen LogP contribution in [-0.4, -0.2) is 47.0 Å². The van der Waals surface area contributed by atoms with Crippen LogP contribution >= 0.6 is 0 Å². The first kappa shape index (κ1) is 40.5. The van der Waals surface area contributed by atoms with Gasteiger partial charge in [-0.15, -0.1) is 0 Å². The van der Waals surface area contributed by atoms with Crippen LogP contribution in [0.25, 0.3) is 0 Å². The summed E-state index contributed by atoms with van der Waals surface area (Å²) in [6.45, 7) is 7.73. The molecule has 0 rings (SSSR count). The van der Waals surface area contributed by atoms with Crippen LogP contribution in [0.4, 0.5) is 0 Å². The molecule has 0 amide bonds. The van der Waals surface area contributed by atoms with Gasteiger partial charge in [-0.2, -0.15) is 0 Å². The molecule has 32 heavy (non-hydrogen) atoms. The number of hydrogen-bond donors (Lipinski definition) is 1. The quantitative estimate of drug-likeness (QED) is 0.242. The van der Waals surface area contributed by atoms with Gasteiger partial charge in [0.05, 0.1) is 0 Å². The van der Waals surface area contributed by atoms with Crippen molar-refractivity contribution in [3.63, 3.8) is 0 Å². The maximum atomic E-state index is 10.4. The summed E-state index contributed by atoms with van der Waals surface area (Å²) in [5, 5.41) is 37.1. The van der Waals surface area contributed by atoms with Gasteiger partial charge >= 0.3 is 21.7 Å². The van der Waals surface area contributed by atoms with Gasteiger partial charge in [-0.3, -0.25) is 14.4 Å². The van der Waals surface area contributed by atoms with E-state index in [1.807, 2.05) is 27.7 Å². The molecule has 0 saturated heterocycles. The van der Waals surface area contributed by atoms with E-state index in [1.165, 1.54) is 0 Å². The average molecular weight is 495 g/mol. The van der Waals surface area contributed by atoms with E-state index in [0.29, 0.717) is 45.1 Å². The van der Waals surface area contributed by atoms with E-state index in [9.17, 15) is 44.1 Å². The molecule has 11 heteroatoms. The minimum Gasteiger partial charge on any atom is -0.550 e. The number of Topliss-reactive ketones (excluding diaryl/α,β-unsaturated/α-hetero) is 3. The van der Waals surface area contributed by atoms with Crippen LogP contribution in [-0.2, 0) is 50.5 Å². The average Bonchev–Trinajstić information content (AvgIpc) is 2.61. The van der Waals surface area contributed by atoms with Gasteiger partial charge in [0.25, 0.3) is 0 Å². The third-order valence-corrected chi connectivity index (χ3v) is 2.83. The van der Waals surface area contributed by atoms with E-state index in [1.54, 1.807) is 0 Å². The van der Waals surface area contributed by atoms with Crippen LogP contribution in [0.3, 0.4) is 0 Å². The van der Waals surface area contributed by atoms with E-state index in [2.05, 4.69) is 0 Å². The first-order chi connectivity index (χ1) is 14.4. The number of carbonyl (C=O) groups excluding carboxylic acids is 6. The normalized spacial score (nSPS) is 8.53. The van der Waals surface area contributed by atoms with E-state index >= 15 is 0 Å². The SMILES string of the molecule is CCCC(=O)CC(=O)[O-].CCCC(=O)CC(=O)[O-].CCCC(=O)CC(=O)[O-].CCCO.[Ti+3]. The summed E-state index contributed by atoms with van der Waals surface area (Å²) in [6.07, 6.45) is 2.69. The van der Waals surface area contributed by atoms with Gasteiger partial charge in [-0.25, -0.2) is 0 Å². The molecule has 0 bridgehead atoms. The maximum Gasteiger partial charge on any atom is 3.00 e. The number of rotatable bonds is 13. The van der Waals surface area contributed by atoms with Gasteiger partial charge in [0, 0.05) is 63.0 Å². The second kappa shape index (κ2) is 31.3. The minimum atomic E-state index is -1.28. The molecule has 0 aromatic carbocycles. The Labute approximate surface area is 204 Å². The Bertz CT molecular complexity index is 459. The fraction of sp³-hybridized carbons (Fsp3) is 0.714. The molecule has 0 aliphatic heterocycles. The Morgan fingerprint density at radius 1 is 0.531 bits per heavy atom. The van der Waals surface area contributed by atoms with Crippen molar-refractivity contribution in [2.45, 2.75) is 91.9 Å². The second-order valence-electron chi connectivity index (χ2n) is 6.24. The topological polar surface area (TPSA) is 192 Å². The predicted molar refractivity (Wildman–Crippen MR) is 106 cm³/mol. The molecule has 0 fully saturated rings. The smallest absolute Gasteiger partial charge is 0.550 e. The zero-order valence-corrected chi connectivity index (χ0v) is 21.0. The Morgan fingerprint density at radius 2 is 0.719 bits per heavy atom. The molecule has 10 nitrogen and oxygen atoms in total. The van der Waals surface area contributed by atoms with Gasteiger partial charge in [0.15, 0.2) is 0 Å². The molecule has 0 atom stereocenters. The summed E-state index contributed by atoms with van der Waals surface area (Å²) in [5.74, 6) is -4.61. The van der Waals surface area contributed by atoms with Gasteiger partial charge in [-0.1, -0.05) is 27.7 Å². The molecule has 1 N–H and O–H groups in total. The van der Waals surface area contributed by atoms with E-state index in [-0.39, 0.29) is 39.1 Å². The minimum absolute atomic E-state index is 0. The van der Waals surface area contributed by atoms with Crippen molar-refractivity contribution >= 4 is 35.3 Å².